The molecule has 0 saturated carbocycles. The molecule has 1 saturated heterocycles. The zero-order valence-corrected chi connectivity index (χ0v) is 14.0. The van der Waals surface area contributed by atoms with Crippen molar-refractivity contribution < 1.29 is 23.4 Å². The third kappa shape index (κ3) is 4.51. The Hall–Kier alpha value is 0.0169. The fraction of sp³-hybridized carbons (Fsp3) is 1.00. The molecule has 1 aliphatic rings. The van der Waals surface area contributed by atoms with Crippen molar-refractivity contribution in [3.8, 4) is 0 Å². The zero-order chi connectivity index (χ0) is 14.8. The minimum atomic E-state index is -2.15. The topological polar surface area (TPSA) is 57.2 Å². The largest absolute Gasteiger partial charge is 0.396 e. The number of aliphatic hydroxyl groups is 1. The molecule has 0 radical (unpaired) electrons. The molecule has 0 aromatic rings. The summed E-state index contributed by atoms with van der Waals surface area (Å²) in [6.45, 7) is 2.01. The average molecular weight is 294 g/mol. The minimum Gasteiger partial charge on any atom is -0.396 e. The molecule has 0 bridgehead atoms. The molecule has 0 spiro atoms. The Morgan fingerprint density at radius 2 is 1.68 bits per heavy atom. The fourth-order valence-electron chi connectivity index (χ4n) is 2.92. The van der Waals surface area contributed by atoms with E-state index in [1.54, 1.807) is 21.3 Å². The molecule has 1 heterocycles. The van der Waals surface area contributed by atoms with Crippen molar-refractivity contribution in [2.24, 2.45) is 0 Å². The fourth-order valence-corrected chi connectivity index (χ4v) is 6.91. The van der Waals surface area contributed by atoms with E-state index in [1.165, 1.54) is 20.0 Å². The van der Waals surface area contributed by atoms with E-state index in [1.807, 2.05) is 0 Å². The van der Waals surface area contributed by atoms with Gasteiger partial charge in [0.2, 0.25) is 0 Å². The summed E-state index contributed by atoms with van der Waals surface area (Å²) in [6, 6.07) is 1.06. The van der Waals surface area contributed by atoms with Crippen LogP contribution in [0, 0.1) is 0 Å². The number of rotatable bonds is 6. The SMILES string of the molecule is CCCC1(OC)CCCC[Si]1(OC)OC.COCO. The zero-order valence-electron chi connectivity index (χ0n) is 13.0. The van der Waals surface area contributed by atoms with Gasteiger partial charge in [-0.2, -0.15) is 0 Å². The Balaban J connectivity index is 0.000000711. The van der Waals surface area contributed by atoms with Gasteiger partial charge in [0.15, 0.2) is 0 Å². The van der Waals surface area contributed by atoms with Crippen molar-refractivity contribution in [1.82, 2.24) is 0 Å². The summed E-state index contributed by atoms with van der Waals surface area (Å²) in [6.07, 6.45) is 5.70. The van der Waals surface area contributed by atoms with Gasteiger partial charge < -0.3 is 23.4 Å². The van der Waals surface area contributed by atoms with Crippen LogP contribution in [0.1, 0.15) is 39.0 Å². The van der Waals surface area contributed by atoms with Crippen LogP contribution < -0.4 is 0 Å². The number of hydrogen-bond acceptors (Lipinski definition) is 5. The van der Waals surface area contributed by atoms with Crippen LogP contribution in [-0.4, -0.2) is 54.1 Å². The summed E-state index contributed by atoms with van der Waals surface area (Å²) >= 11 is 0. The van der Waals surface area contributed by atoms with Gasteiger partial charge >= 0.3 is 8.56 Å². The lowest BCUT2D eigenvalue weighted by molar-refractivity contribution is -0.0149. The van der Waals surface area contributed by atoms with E-state index in [4.69, 9.17) is 18.7 Å². The molecular formula is C13H30O5Si. The molecule has 0 aromatic carbocycles. The second-order valence-corrected chi connectivity index (χ2v) is 8.47. The molecule has 1 aliphatic heterocycles. The summed E-state index contributed by atoms with van der Waals surface area (Å²) in [4.78, 5) is 0. The van der Waals surface area contributed by atoms with Crippen LogP contribution in [0.5, 0.6) is 0 Å². The predicted octanol–water partition coefficient (Wildman–Crippen LogP) is 2.21. The highest BCUT2D eigenvalue weighted by Crippen LogP contribution is 2.42. The van der Waals surface area contributed by atoms with Crippen LogP contribution in [0.2, 0.25) is 6.04 Å². The van der Waals surface area contributed by atoms with Gasteiger partial charge in [-0.25, -0.2) is 0 Å². The first-order valence-electron chi connectivity index (χ1n) is 6.87. The molecule has 6 heteroatoms. The van der Waals surface area contributed by atoms with Crippen LogP contribution in [0.15, 0.2) is 0 Å². The Kier molecular flexibility index (Phi) is 9.86. The first-order valence-corrected chi connectivity index (χ1v) is 8.89. The predicted molar refractivity (Wildman–Crippen MR) is 77.2 cm³/mol. The van der Waals surface area contributed by atoms with Crippen LogP contribution in [0.4, 0.5) is 0 Å². The quantitative estimate of drug-likeness (QED) is 0.601. The average Bonchev–Trinajstić information content (AvgIpc) is 2.48. The highest BCUT2D eigenvalue weighted by atomic mass is 28.4. The summed E-state index contributed by atoms with van der Waals surface area (Å²) in [7, 11) is 4.65. The summed E-state index contributed by atoms with van der Waals surface area (Å²) in [5.41, 5.74) is 0. The molecule has 0 aliphatic carbocycles. The van der Waals surface area contributed by atoms with E-state index in [-0.39, 0.29) is 12.0 Å². The van der Waals surface area contributed by atoms with Gasteiger partial charge in [0.05, 0.1) is 0 Å². The van der Waals surface area contributed by atoms with E-state index in [0.29, 0.717) is 0 Å². The molecule has 1 rings (SSSR count). The first kappa shape index (κ1) is 19.0. The van der Waals surface area contributed by atoms with Crippen LogP contribution in [0.3, 0.4) is 0 Å². The van der Waals surface area contributed by atoms with Gasteiger partial charge in [-0.1, -0.05) is 26.2 Å². The molecule has 1 fully saturated rings. The number of aliphatic hydroxyl groups excluding tert-OH is 1. The van der Waals surface area contributed by atoms with E-state index >= 15 is 0 Å². The van der Waals surface area contributed by atoms with Crippen molar-refractivity contribution in [3.05, 3.63) is 0 Å². The maximum absolute atomic E-state index is 7.65. The summed E-state index contributed by atoms with van der Waals surface area (Å²) in [5, 5.41) is 7.53. The van der Waals surface area contributed by atoms with Crippen molar-refractivity contribution in [2.75, 3.05) is 35.2 Å². The third-order valence-corrected chi connectivity index (χ3v) is 8.29. The lowest BCUT2D eigenvalue weighted by Gasteiger charge is -2.47. The molecule has 1 unspecified atom stereocenters. The monoisotopic (exact) mass is 294 g/mol. The van der Waals surface area contributed by atoms with E-state index < -0.39 is 8.56 Å². The third-order valence-electron chi connectivity index (χ3n) is 3.86. The normalized spacial score (nSPS) is 25.6. The second-order valence-electron chi connectivity index (χ2n) is 4.73. The Labute approximate surface area is 118 Å². The highest BCUT2D eigenvalue weighted by molar-refractivity contribution is 6.70. The maximum Gasteiger partial charge on any atom is 0.370 e. The molecule has 1 N–H and O–H groups in total. The summed E-state index contributed by atoms with van der Waals surface area (Å²) < 4.78 is 21.5. The lowest BCUT2D eigenvalue weighted by Crippen LogP contribution is -2.64. The van der Waals surface area contributed by atoms with E-state index in [2.05, 4.69) is 11.7 Å². The highest BCUT2D eigenvalue weighted by Gasteiger charge is 2.58. The molecule has 116 valence electrons. The van der Waals surface area contributed by atoms with Gasteiger partial charge in [0.25, 0.3) is 0 Å². The van der Waals surface area contributed by atoms with Crippen LogP contribution in [-0.2, 0) is 18.3 Å². The van der Waals surface area contributed by atoms with Crippen molar-refractivity contribution in [3.63, 3.8) is 0 Å². The number of hydrogen-bond donors (Lipinski definition) is 1. The molecule has 19 heavy (non-hydrogen) atoms. The van der Waals surface area contributed by atoms with Gasteiger partial charge in [-0.05, 0) is 18.9 Å². The maximum atomic E-state index is 7.65. The van der Waals surface area contributed by atoms with Crippen LogP contribution >= 0.6 is 0 Å². The molecular weight excluding hydrogens is 264 g/mol. The van der Waals surface area contributed by atoms with Crippen molar-refractivity contribution in [2.45, 2.75) is 50.3 Å². The standard InChI is InChI=1S/C11H24O3Si.C2H6O2/c1-5-8-11(12-2)9-6-7-10-15(11,13-3)14-4;1-4-2-3/h5-10H2,1-4H3;3H,2H2,1H3. The number of ether oxygens (including phenoxy) is 2. The van der Waals surface area contributed by atoms with E-state index in [9.17, 15) is 0 Å². The Morgan fingerprint density at radius 1 is 1.11 bits per heavy atom. The minimum absolute atomic E-state index is 0.122. The Bertz CT molecular complexity index is 217. The molecule has 5 nitrogen and oxygen atoms in total. The van der Waals surface area contributed by atoms with Crippen LogP contribution in [0.25, 0.3) is 0 Å². The lowest BCUT2D eigenvalue weighted by atomic mass is 10.1. The molecule has 0 aromatic heterocycles. The van der Waals surface area contributed by atoms with Crippen molar-refractivity contribution >= 4 is 8.56 Å². The van der Waals surface area contributed by atoms with Gasteiger partial charge in [0, 0.05) is 28.4 Å². The van der Waals surface area contributed by atoms with E-state index in [0.717, 1.165) is 25.3 Å². The first-order chi connectivity index (χ1) is 9.11. The number of methoxy groups -OCH3 is 2. The molecule has 1 atom stereocenters. The van der Waals surface area contributed by atoms with Gasteiger partial charge in [0.1, 0.15) is 12.0 Å². The van der Waals surface area contributed by atoms with Crippen molar-refractivity contribution in [1.29, 1.82) is 0 Å². The smallest absolute Gasteiger partial charge is 0.370 e. The second kappa shape index (κ2) is 9.85. The van der Waals surface area contributed by atoms with Gasteiger partial charge in [-0.3, -0.25) is 0 Å². The Morgan fingerprint density at radius 3 is 2.05 bits per heavy atom. The van der Waals surface area contributed by atoms with Gasteiger partial charge in [-0.15, -0.1) is 0 Å². The summed E-state index contributed by atoms with van der Waals surface area (Å²) in [5.74, 6) is 0. The molecule has 0 amide bonds.